The van der Waals surface area contributed by atoms with Crippen LogP contribution in [0.4, 0.5) is 21.6 Å². The number of ether oxygens (including phenoxy) is 2. The van der Waals surface area contributed by atoms with Gasteiger partial charge in [0.15, 0.2) is 11.6 Å². The van der Waals surface area contributed by atoms with Crippen LogP contribution in [-0.2, 0) is 16.0 Å². The molecule has 1 amide bonds. The zero-order valence-corrected chi connectivity index (χ0v) is 16.8. The summed E-state index contributed by atoms with van der Waals surface area (Å²) in [4.78, 5) is 25.5. The Morgan fingerprint density at radius 2 is 2.03 bits per heavy atom. The number of benzene rings is 2. The van der Waals surface area contributed by atoms with E-state index in [1.54, 1.807) is 18.2 Å². The molecule has 0 saturated carbocycles. The van der Waals surface area contributed by atoms with Crippen molar-refractivity contribution in [2.24, 2.45) is 0 Å². The Bertz CT molecular complexity index is 1120. The predicted octanol–water partition coefficient (Wildman–Crippen LogP) is 3.72. The van der Waals surface area contributed by atoms with Gasteiger partial charge in [-0.2, -0.15) is 0 Å². The Kier molecular flexibility index (Phi) is 6.22. The van der Waals surface area contributed by atoms with Gasteiger partial charge in [-0.3, -0.25) is 14.9 Å². The van der Waals surface area contributed by atoms with Crippen molar-refractivity contribution >= 4 is 23.1 Å². The minimum absolute atomic E-state index is 0.0490. The van der Waals surface area contributed by atoms with E-state index in [2.05, 4.69) is 15.6 Å². The maximum atomic E-state index is 14.5. The molecule has 1 aliphatic rings. The Balaban J connectivity index is 1.37. The first-order valence-corrected chi connectivity index (χ1v) is 9.77. The number of nitrogens with zero attached hydrogens (tertiary/aromatic N) is 2. The Morgan fingerprint density at radius 3 is 2.69 bits per heavy atom. The van der Waals surface area contributed by atoms with Gasteiger partial charge in [0.05, 0.1) is 17.6 Å². The van der Waals surface area contributed by atoms with E-state index in [-0.39, 0.29) is 30.0 Å². The number of nitro groups is 1. The maximum absolute atomic E-state index is 14.5. The molecule has 32 heavy (non-hydrogen) atoms. The number of aromatic nitrogens is 1. The number of nitrogens with one attached hydrogen (secondary N) is 2. The topological polar surface area (TPSA) is 116 Å². The van der Waals surface area contributed by atoms with Crippen LogP contribution in [0.15, 0.2) is 60.8 Å². The lowest BCUT2D eigenvalue weighted by atomic mass is 10.1. The first-order chi connectivity index (χ1) is 15.5. The van der Waals surface area contributed by atoms with Crippen molar-refractivity contribution in [2.75, 3.05) is 18.5 Å². The van der Waals surface area contributed by atoms with E-state index >= 15 is 0 Å². The molecule has 1 fully saturated rings. The van der Waals surface area contributed by atoms with Crippen LogP contribution < -0.4 is 15.4 Å². The normalized spacial score (nSPS) is 15.7. The fraction of sp³-hybridized carbons (Fsp3) is 0.182. The zero-order chi connectivity index (χ0) is 22.5. The lowest BCUT2D eigenvalue weighted by Gasteiger charge is -2.23. The minimum Gasteiger partial charge on any atom is -0.454 e. The molecule has 1 aromatic heterocycles. The second-order valence-electron chi connectivity index (χ2n) is 7.16. The fourth-order valence-corrected chi connectivity index (χ4v) is 3.20. The minimum atomic E-state index is -0.581. The molecule has 10 heteroatoms. The highest BCUT2D eigenvalue weighted by Crippen LogP contribution is 2.28. The average molecular weight is 438 g/mol. The van der Waals surface area contributed by atoms with E-state index in [9.17, 15) is 19.3 Å². The second kappa shape index (κ2) is 9.40. The lowest BCUT2D eigenvalue weighted by molar-refractivity contribution is -0.385. The summed E-state index contributed by atoms with van der Waals surface area (Å²) in [5.74, 6) is 0.156. The van der Waals surface area contributed by atoms with E-state index in [1.807, 2.05) is 12.1 Å². The summed E-state index contributed by atoms with van der Waals surface area (Å²) in [7, 11) is 0. The van der Waals surface area contributed by atoms with Crippen LogP contribution in [-0.4, -0.2) is 35.1 Å². The maximum Gasteiger partial charge on any atom is 0.287 e. The Morgan fingerprint density at radius 1 is 1.22 bits per heavy atom. The number of pyridine rings is 1. The van der Waals surface area contributed by atoms with E-state index in [4.69, 9.17) is 9.47 Å². The number of morpholine rings is 1. The Hall–Kier alpha value is -4.05. The molecule has 2 heterocycles. The molecule has 2 aromatic carbocycles. The number of hydrogen-bond acceptors (Lipinski definition) is 7. The zero-order valence-electron chi connectivity index (χ0n) is 16.8. The van der Waals surface area contributed by atoms with Crippen LogP contribution in [0, 0.1) is 15.9 Å². The Labute approximate surface area is 182 Å². The highest BCUT2D eigenvalue weighted by molar-refractivity contribution is 5.78. The van der Waals surface area contributed by atoms with Gasteiger partial charge >= 0.3 is 0 Å². The average Bonchev–Trinajstić information content (AvgIpc) is 2.77. The fourth-order valence-electron chi connectivity index (χ4n) is 3.20. The number of anilines is 2. The SMILES string of the molecule is O=C1COCC(Cc2ccc(Oc3ccc(Nc4ccc([N+](=O)[O-])cn4)cc3F)cc2)N1. The van der Waals surface area contributed by atoms with E-state index < -0.39 is 10.7 Å². The smallest absolute Gasteiger partial charge is 0.287 e. The summed E-state index contributed by atoms with van der Waals surface area (Å²) in [6.07, 6.45) is 1.74. The van der Waals surface area contributed by atoms with Gasteiger partial charge in [0.2, 0.25) is 5.91 Å². The first kappa shape index (κ1) is 21.2. The number of carbonyl (C=O) groups is 1. The third-order valence-electron chi connectivity index (χ3n) is 4.71. The van der Waals surface area contributed by atoms with Crippen molar-refractivity contribution in [1.82, 2.24) is 10.3 Å². The summed E-state index contributed by atoms with van der Waals surface area (Å²) >= 11 is 0. The van der Waals surface area contributed by atoms with Crippen LogP contribution in [0.2, 0.25) is 0 Å². The molecular weight excluding hydrogens is 419 g/mol. The van der Waals surface area contributed by atoms with Gasteiger partial charge in [-0.25, -0.2) is 9.37 Å². The summed E-state index contributed by atoms with van der Waals surface area (Å²) in [5.41, 5.74) is 1.28. The molecule has 1 saturated heterocycles. The van der Waals surface area contributed by atoms with Crippen molar-refractivity contribution in [3.05, 3.63) is 82.3 Å². The molecule has 0 spiro atoms. The van der Waals surface area contributed by atoms with Crippen LogP contribution in [0.5, 0.6) is 11.5 Å². The van der Waals surface area contributed by atoms with Gasteiger partial charge in [-0.05, 0) is 42.3 Å². The van der Waals surface area contributed by atoms with Crippen molar-refractivity contribution < 1.29 is 23.6 Å². The third-order valence-corrected chi connectivity index (χ3v) is 4.71. The van der Waals surface area contributed by atoms with Crippen LogP contribution in [0.3, 0.4) is 0 Å². The van der Waals surface area contributed by atoms with Gasteiger partial charge in [0.25, 0.3) is 5.69 Å². The van der Waals surface area contributed by atoms with Crippen LogP contribution in [0.1, 0.15) is 5.56 Å². The first-order valence-electron chi connectivity index (χ1n) is 9.77. The molecule has 9 nitrogen and oxygen atoms in total. The molecule has 3 aromatic rings. The largest absolute Gasteiger partial charge is 0.454 e. The number of hydrogen-bond donors (Lipinski definition) is 2. The quantitative estimate of drug-likeness (QED) is 0.427. The number of rotatable bonds is 7. The van der Waals surface area contributed by atoms with Crippen LogP contribution >= 0.6 is 0 Å². The number of amides is 1. The van der Waals surface area contributed by atoms with Crippen molar-refractivity contribution in [1.29, 1.82) is 0 Å². The molecule has 0 radical (unpaired) electrons. The van der Waals surface area contributed by atoms with Gasteiger partial charge in [0, 0.05) is 17.8 Å². The molecule has 4 rings (SSSR count). The summed E-state index contributed by atoms with van der Waals surface area (Å²) < 4.78 is 25.4. The van der Waals surface area contributed by atoms with Gasteiger partial charge in [0.1, 0.15) is 24.4 Å². The standard InChI is InChI=1S/C22H19FN4O5/c23-19-10-15(25-21-8-4-17(11-24-21)27(29)30)3-7-20(19)32-18-5-1-14(2-6-18)9-16-12-31-13-22(28)26-16/h1-8,10-11,16H,9,12-13H2,(H,24,25)(H,26,28). The highest BCUT2D eigenvalue weighted by atomic mass is 19.1. The second-order valence-corrected chi connectivity index (χ2v) is 7.16. The van der Waals surface area contributed by atoms with E-state index in [1.165, 1.54) is 24.3 Å². The molecule has 1 unspecified atom stereocenters. The highest BCUT2D eigenvalue weighted by Gasteiger charge is 2.18. The van der Waals surface area contributed by atoms with E-state index in [0.717, 1.165) is 11.8 Å². The summed E-state index contributed by atoms with van der Waals surface area (Å²) in [5, 5.41) is 16.4. The molecule has 2 N–H and O–H groups in total. The molecular formula is C22H19FN4O5. The van der Waals surface area contributed by atoms with Gasteiger partial charge in [-0.15, -0.1) is 0 Å². The van der Waals surface area contributed by atoms with E-state index in [0.29, 0.717) is 30.3 Å². The number of carbonyl (C=O) groups excluding carboxylic acids is 1. The molecule has 1 aliphatic heterocycles. The van der Waals surface area contributed by atoms with Gasteiger partial charge in [-0.1, -0.05) is 12.1 Å². The molecule has 1 atom stereocenters. The molecule has 0 aliphatic carbocycles. The molecule has 164 valence electrons. The summed E-state index contributed by atoms with van der Waals surface area (Å²) in [6, 6.07) is 14.2. The third kappa shape index (κ3) is 5.35. The van der Waals surface area contributed by atoms with Crippen molar-refractivity contribution in [3.8, 4) is 11.5 Å². The monoisotopic (exact) mass is 438 g/mol. The van der Waals surface area contributed by atoms with Crippen LogP contribution in [0.25, 0.3) is 0 Å². The van der Waals surface area contributed by atoms with Crippen molar-refractivity contribution in [3.63, 3.8) is 0 Å². The predicted molar refractivity (Wildman–Crippen MR) is 114 cm³/mol. The molecule has 0 bridgehead atoms. The summed E-state index contributed by atoms with van der Waals surface area (Å²) in [6.45, 7) is 0.554. The van der Waals surface area contributed by atoms with Gasteiger partial charge < -0.3 is 20.1 Å². The number of halogens is 1. The van der Waals surface area contributed by atoms with Crippen molar-refractivity contribution in [2.45, 2.75) is 12.5 Å². The lowest BCUT2D eigenvalue weighted by Crippen LogP contribution is -2.46.